The number of carbonyl (C=O) groups is 1. The minimum Gasteiger partial charge on any atom is -0.331 e. The third-order valence-corrected chi connectivity index (χ3v) is 0.545. The maximum Gasteiger partial charge on any atom is 0.221 e. The van der Waals surface area contributed by atoms with Crippen LogP contribution in [-0.4, -0.2) is 11.8 Å². The largest absolute Gasteiger partial charge is 0.331 e. The molecule has 0 bridgehead atoms. The predicted molar refractivity (Wildman–Crippen MR) is 35.9 cm³/mol. The van der Waals surface area contributed by atoms with Gasteiger partial charge in [0.2, 0.25) is 5.24 Å². The molecule has 0 amide bonds. The van der Waals surface area contributed by atoms with Gasteiger partial charge in [-0.1, -0.05) is 13.8 Å². The molecule has 0 unspecified atom stereocenters. The molecule has 3 heteroatoms. The molecule has 0 saturated carbocycles. The second-order valence-corrected chi connectivity index (χ2v) is 1.54. The Bertz CT molecular complexity index is 56.4. The molecular formula is C5H12ClNO. The van der Waals surface area contributed by atoms with Gasteiger partial charge in [-0.15, -0.1) is 0 Å². The zero-order valence-corrected chi connectivity index (χ0v) is 6.03. The first-order chi connectivity index (χ1) is 3.68. The number of halogens is 1. The van der Waals surface area contributed by atoms with Crippen molar-refractivity contribution < 1.29 is 4.79 Å². The molecule has 2 nitrogen and oxygen atoms in total. The minimum absolute atomic E-state index is 0.273. The molecule has 0 saturated heterocycles. The van der Waals surface area contributed by atoms with Gasteiger partial charge in [0.25, 0.3) is 0 Å². The van der Waals surface area contributed by atoms with E-state index in [-0.39, 0.29) is 5.24 Å². The second-order valence-electron chi connectivity index (χ2n) is 1.12. The van der Waals surface area contributed by atoms with E-state index in [2.05, 4.69) is 0 Å². The summed E-state index contributed by atoms with van der Waals surface area (Å²) in [6, 6.07) is 0. The summed E-state index contributed by atoms with van der Waals surface area (Å²) in [6.45, 7) is 4.37. The summed E-state index contributed by atoms with van der Waals surface area (Å²) < 4.78 is 0. The van der Waals surface area contributed by atoms with Gasteiger partial charge >= 0.3 is 0 Å². The van der Waals surface area contributed by atoms with Crippen molar-refractivity contribution in [3.63, 3.8) is 0 Å². The molecule has 0 atom stereocenters. The van der Waals surface area contributed by atoms with Gasteiger partial charge < -0.3 is 5.73 Å². The van der Waals surface area contributed by atoms with Crippen molar-refractivity contribution in [1.29, 1.82) is 0 Å². The molecule has 0 spiro atoms. The summed E-state index contributed by atoms with van der Waals surface area (Å²) in [4.78, 5) is 9.58. The smallest absolute Gasteiger partial charge is 0.221 e. The quantitative estimate of drug-likeness (QED) is 0.551. The van der Waals surface area contributed by atoms with E-state index in [1.165, 1.54) is 0 Å². The van der Waals surface area contributed by atoms with E-state index in [0.29, 0.717) is 6.42 Å². The molecule has 2 N–H and O–H groups in total. The Morgan fingerprint density at radius 1 is 1.62 bits per heavy atom. The van der Waals surface area contributed by atoms with E-state index in [0.717, 1.165) is 6.54 Å². The molecule has 0 aliphatic heterocycles. The van der Waals surface area contributed by atoms with Crippen molar-refractivity contribution in [2.45, 2.75) is 20.3 Å². The molecule has 0 aromatic rings. The van der Waals surface area contributed by atoms with Gasteiger partial charge in [0.05, 0.1) is 0 Å². The fraction of sp³-hybridized carbons (Fsp3) is 0.800. The van der Waals surface area contributed by atoms with E-state index in [1.807, 2.05) is 6.92 Å². The van der Waals surface area contributed by atoms with Crippen molar-refractivity contribution in [2.75, 3.05) is 6.54 Å². The van der Waals surface area contributed by atoms with Crippen LogP contribution in [-0.2, 0) is 4.79 Å². The summed E-state index contributed by atoms with van der Waals surface area (Å²) in [5.41, 5.74) is 4.85. The van der Waals surface area contributed by atoms with Crippen LogP contribution >= 0.6 is 11.6 Å². The van der Waals surface area contributed by atoms with Gasteiger partial charge in [-0.25, -0.2) is 0 Å². The highest BCUT2D eigenvalue weighted by molar-refractivity contribution is 6.63. The van der Waals surface area contributed by atoms with Crippen LogP contribution in [0.5, 0.6) is 0 Å². The highest BCUT2D eigenvalue weighted by atomic mass is 35.5. The summed E-state index contributed by atoms with van der Waals surface area (Å²) >= 11 is 4.82. The third kappa shape index (κ3) is 38.9. The van der Waals surface area contributed by atoms with Crippen molar-refractivity contribution in [3.8, 4) is 0 Å². The fourth-order valence-electron chi connectivity index (χ4n) is 0. The van der Waals surface area contributed by atoms with Crippen LogP contribution in [0.25, 0.3) is 0 Å². The Morgan fingerprint density at radius 3 is 1.75 bits per heavy atom. The monoisotopic (exact) mass is 137 g/mol. The number of hydrogen-bond acceptors (Lipinski definition) is 2. The highest BCUT2D eigenvalue weighted by Gasteiger charge is 1.81. The molecule has 0 aliphatic carbocycles. The minimum atomic E-state index is -0.273. The van der Waals surface area contributed by atoms with Crippen LogP contribution in [0.2, 0.25) is 0 Å². The van der Waals surface area contributed by atoms with Crippen LogP contribution in [0.1, 0.15) is 20.3 Å². The van der Waals surface area contributed by atoms with Crippen molar-refractivity contribution in [1.82, 2.24) is 0 Å². The normalized spacial score (nSPS) is 7.00. The van der Waals surface area contributed by atoms with Crippen LogP contribution in [0, 0.1) is 0 Å². The molecule has 0 fully saturated rings. The first-order valence-corrected chi connectivity index (χ1v) is 2.95. The summed E-state index contributed by atoms with van der Waals surface area (Å²) in [5.74, 6) is 0. The Kier molecular flexibility index (Phi) is 13.6. The summed E-state index contributed by atoms with van der Waals surface area (Å²) in [7, 11) is 0. The lowest BCUT2D eigenvalue weighted by Gasteiger charge is -1.68. The first-order valence-electron chi connectivity index (χ1n) is 2.57. The van der Waals surface area contributed by atoms with Crippen LogP contribution < -0.4 is 5.73 Å². The zero-order chi connectivity index (χ0) is 6.99. The molecule has 0 aromatic carbocycles. The number of nitrogens with two attached hydrogens (primary N) is 1. The van der Waals surface area contributed by atoms with E-state index in [9.17, 15) is 4.79 Å². The van der Waals surface area contributed by atoms with Gasteiger partial charge in [0, 0.05) is 6.42 Å². The average Bonchev–Trinajstić information content (AvgIpc) is 1.69. The van der Waals surface area contributed by atoms with Gasteiger partial charge in [-0.05, 0) is 18.1 Å². The molecule has 50 valence electrons. The molecule has 0 radical (unpaired) electrons. The number of rotatable bonds is 1. The average molecular weight is 138 g/mol. The maximum absolute atomic E-state index is 9.58. The zero-order valence-electron chi connectivity index (χ0n) is 5.28. The molecule has 0 aliphatic rings. The molecular weight excluding hydrogens is 126 g/mol. The Morgan fingerprint density at radius 2 is 1.75 bits per heavy atom. The Labute approximate surface area is 55.0 Å². The molecule has 8 heavy (non-hydrogen) atoms. The van der Waals surface area contributed by atoms with Crippen LogP contribution in [0.15, 0.2) is 0 Å². The Hall–Kier alpha value is -0.0800. The van der Waals surface area contributed by atoms with Crippen molar-refractivity contribution in [3.05, 3.63) is 0 Å². The van der Waals surface area contributed by atoms with Crippen molar-refractivity contribution >= 4 is 16.8 Å². The van der Waals surface area contributed by atoms with Gasteiger partial charge in [-0.3, -0.25) is 4.79 Å². The fourth-order valence-corrected chi connectivity index (χ4v) is 0. The molecule has 0 rings (SSSR count). The van der Waals surface area contributed by atoms with Crippen molar-refractivity contribution in [2.24, 2.45) is 5.73 Å². The van der Waals surface area contributed by atoms with Gasteiger partial charge in [0.1, 0.15) is 0 Å². The number of carbonyl (C=O) groups excluding carboxylic acids is 1. The van der Waals surface area contributed by atoms with Gasteiger partial charge in [-0.2, -0.15) is 0 Å². The molecule has 0 heterocycles. The van der Waals surface area contributed by atoms with Gasteiger partial charge in [0.15, 0.2) is 0 Å². The van der Waals surface area contributed by atoms with E-state index in [1.54, 1.807) is 6.92 Å². The van der Waals surface area contributed by atoms with E-state index >= 15 is 0 Å². The second kappa shape index (κ2) is 10.0. The topological polar surface area (TPSA) is 43.1 Å². The van der Waals surface area contributed by atoms with Crippen LogP contribution in [0.3, 0.4) is 0 Å². The first kappa shape index (κ1) is 10.8. The van der Waals surface area contributed by atoms with Crippen LogP contribution in [0.4, 0.5) is 0 Å². The van der Waals surface area contributed by atoms with E-state index in [4.69, 9.17) is 17.3 Å². The molecule has 0 aromatic heterocycles. The van der Waals surface area contributed by atoms with E-state index < -0.39 is 0 Å². The SMILES string of the molecule is CCC(=O)Cl.CCN. The standard InChI is InChI=1S/C3H5ClO.C2H7N/c1-2-3(4)5;1-2-3/h2H2,1H3;2-3H2,1H3. The Balaban J connectivity index is 0. The lowest BCUT2D eigenvalue weighted by atomic mass is 10.6. The lowest BCUT2D eigenvalue weighted by molar-refractivity contribution is -0.111. The third-order valence-electron chi connectivity index (χ3n) is 0.278. The highest BCUT2D eigenvalue weighted by Crippen LogP contribution is 1.81. The summed E-state index contributed by atoms with van der Waals surface area (Å²) in [5, 5.41) is -0.273. The summed E-state index contributed by atoms with van der Waals surface area (Å²) in [6.07, 6.45) is 0.432. The number of hydrogen-bond donors (Lipinski definition) is 1. The predicted octanol–water partition coefficient (Wildman–Crippen LogP) is 1.13. The maximum atomic E-state index is 9.58. The lowest BCUT2D eigenvalue weighted by Crippen LogP contribution is -1.87.